The minimum absolute atomic E-state index is 0.0163. The lowest BCUT2D eigenvalue weighted by Gasteiger charge is -2.32. The van der Waals surface area contributed by atoms with Crippen molar-refractivity contribution in [3.8, 4) is 5.69 Å². The van der Waals surface area contributed by atoms with Crippen molar-refractivity contribution in [3.05, 3.63) is 70.0 Å². The molecular weight excluding hydrogens is 465 g/mol. The van der Waals surface area contributed by atoms with Gasteiger partial charge in [-0.15, -0.1) is 10.2 Å². The number of amides is 1. The number of hydrogen-bond donors (Lipinski definition) is 1. The zero-order valence-electron chi connectivity index (χ0n) is 17.8. The molecule has 1 aromatic heterocycles. The number of nitrogens with zero attached hydrogens (tertiary/aromatic N) is 4. The van der Waals surface area contributed by atoms with Gasteiger partial charge in [0.2, 0.25) is 5.91 Å². The second-order valence-electron chi connectivity index (χ2n) is 7.95. The summed E-state index contributed by atoms with van der Waals surface area (Å²) in [5.41, 5.74) is 3.14. The number of aryl methyl sites for hydroxylation is 1. The molecule has 0 saturated carbocycles. The van der Waals surface area contributed by atoms with Crippen molar-refractivity contribution in [2.45, 2.75) is 37.5 Å². The van der Waals surface area contributed by atoms with Gasteiger partial charge in [-0.3, -0.25) is 14.3 Å². The number of thioether (sulfide) groups is 1. The summed E-state index contributed by atoms with van der Waals surface area (Å²) >= 11 is 13.6. The molecule has 1 fully saturated rings. The molecule has 3 aromatic rings. The number of likely N-dealkylation sites (tertiary alicyclic amines) is 1. The van der Waals surface area contributed by atoms with Crippen LogP contribution < -0.4 is 5.32 Å². The summed E-state index contributed by atoms with van der Waals surface area (Å²) in [4.78, 5) is 14.9. The van der Waals surface area contributed by atoms with Crippen molar-refractivity contribution in [3.63, 3.8) is 0 Å². The van der Waals surface area contributed by atoms with E-state index in [9.17, 15) is 4.79 Å². The molecule has 2 heterocycles. The number of carbonyl (C=O) groups excluding carboxylic acids is 1. The highest BCUT2D eigenvalue weighted by Gasteiger charge is 2.21. The van der Waals surface area contributed by atoms with Gasteiger partial charge in [0.1, 0.15) is 6.33 Å². The van der Waals surface area contributed by atoms with Crippen LogP contribution in [0.15, 0.2) is 53.9 Å². The smallest absolute Gasteiger partial charge is 0.230 e. The lowest BCUT2D eigenvalue weighted by molar-refractivity contribution is -0.119. The van der Waals surface area contributed by atoms with Crippen LogP contribution in [0.1, 0.15) is 24.0 Å². The van der Waals surface area contributed by atoms with Gasteiger partial charge >= 0.3 is 0 Å². The van der Waals surface area contributed by atoms with E-state index in [1.54, 1.807) is 6.33 Å². The van der Waals surface area contributed by atoms with Crippen LogP contribution in [0.4, 0.5) is 0 Å². The van der Waals surface area contributed by atoms with Gasteiger partial charge in [-0.2, -0.15) is 0 Å². The summed E-state index contributed by atoms with van der Waals surface area (Å²) < 4.78 is 1.85. The Morgan fingerprint density at radius 3 is 2.62 bits per heavy atom. The standard InChI is InChI=1S/C23H25Cl2N5OS/c1-16-2-7-20(12-21(16)25)30-15-26-28-23(30)32-14-22(31)27-19-8-10-29(11-9-19)13-17-3-5-18(24)6-4-17/h2-7,12,15,19H,8-11,13-14H2,1H3,(H,27,31). The molecule has 9 heteroatoms. The van der Waals surface area contributed by atoms with E-state index in [0.29, 0.717) is 15.9 Å². The second-order valence-corrected chi connectivity index (χ2v) is 9.74. The number of rotatable bonds is 7. The van der Waals surface area contributed by atoms with E-state index in [2.05, 4.69) is 32.5 Å². The van der Waals surface area contributed by atoms with Crippen molar-refractivity contribution in [1.82, 2.24) is 25.0 Å². The number of carbonyl (C=O) groups is 1. The Bertz CT molecular complexity index is 1060. The van der Waals surface area contributed by atoms with E-state index in [1.165, 1.54) is 17.3 Å². The summed E-state index contributed by atoms with van der Waals surface area (Å²) in [6, 6.07) is 14.0. The van der Waals surface area contributed by atoms with Gasteiger partial charge in [-0.25, -0.2) is 0 Å². The summed E-state index contributed by atoms with van der Waals surface area (Å²) in [6.45, 7) is 4.79. The molecule has 1 N–H and O–H groups in total. The van der Waals surface area contributed by atoms with Crippen molar-refractivity contribution in [2.24, 2.45) is 0 Å². The summed E-state index contributed by atoms with van der Waals surface area (Å²) in [6.07, 6.45) is 3.53. The Morgan fingerprint density at radius 1 is 1.16 bits per heavy atom. The average molecular weight is 490 g/mol. The number of aromatic nitrogens is 3. The molecule has 0 unspecified atom stereocenters. The van der Waals surface area contributed by atoms with Crippen LogP contribution >= 0.6 is 35.0 Å². The third-order valence-corrected chi connectivity index (χ3v) is 7.16. The van der Waals surface area contributed by atoms with Crippen molar-refractivity contribution in [2.75, 3.05) is 18.8 Å². The highest BCUT2D eigenvalue weighted by molar-refractivity contribution is 7.99. The van der Waals surface area contributed by atoms with Crippen LogP contribution in [0.5, 0.6) is 0 Å². The Hall–Kier alpha value is -2.06. The lowest BCUT2D eigenvalue weighted by atomic mass is 10.0. The molecule has 1 aliphatic rings. The Balaban J connectivity index is 1.24. The Morgan fingerprint density at radius 2 is 1.91 bits per heavy atom. The molecule has 6 nitrogen and oxygen atoms in total. The van der Waals surface area contributed by atoms with E-state index in [4.69, 9.17) is 23.2 Å². The van der Waals surface area contributed by atoms with Gasteiger partial charge in [0, 0.05) is 35.7 Å². The normalized spacial score (nSPS) is 15.1. The highest BCUT2D eigenvalue weighted by atomic mass is 35.5. The van der Waals surface area contributed by atoms with E-state index >= 15 is 0 Å². The Kier molecular flexibility index (Phi) is 7.73. The number of nitrogens with one attached hydrogen (secondary N) is 1. The molecule has 0 radical (unpaired) electrons. The van der Waals surface area contributed by atoms with E-state index < -0.39 is 0 Å². The van der Waals surface area contributed by atoms with Crippen molar-refractivity contribution in [1.29, 1.82) is 0 Å². The number of hydrogen-bond acceptors (Lipinski definition) is 5. The van der Waals surface area contributed by atoms with Crippen molar-refractivity contribution < 1.29 is 4.79 Å². The first-order chi connectivity index (χ1) is 15.5. The maximum atomic E-state index is 12.5. The predicted molar refractivity (Wildman–Crippen MR) is 130 cm³/mol. The van der Waals surface area contributed by atoms with Gasteiger partial charge in [-0.1, -0.05) is 53.2 Å². The van der Waals surface area contributed by atoms with E-state index in [0.717, 1.165) is 48.7 Å². The fraction of sp³-hybridized carbons (Fsp3) is 0.348. The first-order valence-electron chi connectivity index (χ1n) is 10.5. The molecule has 0 aliphatic carbocycles. The fourth-order valence-electron chi connectivity index (χ4n) is 3.71. The summed E-state index contributed by atoms with van der Waals surface area (Å²) in [5, 5.41) is 13.4. The fourth-order valence-corrected chi connectivity index (χ4v) is 4.76. The van der Waals surface area contributed by atoms with Gasteiger partial charge < -0.3 is 5.32 Å². The third-order valence-electron chi connectivity index (χ3n) is 5.55. The molecule has 1 saturated heterocycles. The van der Waals surface area contributed by atoms with Crippen LogP contribution in [-0.2, 0) is 11.3 Å². The maximum absolute atomic E-state index is 12.5. The van der Waals surface area contributed by atoms with E-state index in [1.807, 2.05) is 41.8 Å². The summed E-state index contributed by atoms with van der Waals surface area (Å²) in [7, 11) is 0. The second kappa shape index (κ2) is 10.7. The van der Waals surface area contributed by atoms with Crippen LogP contribution in [0, 0.1) is 6.92 Å². The molecule has 4 rings (SSSR count). The Labute approximate surface area is 202 Å². The molecule has 168 valence electrons. The lowest BCUT2D eigenvalue weighted by Crippen LogP contribution is -2.44. The van der Waals surface area contributed by atoms with Crippen LogP contribution in [0.2, 0.25) is 10.0 Å². The van der Waals surface area contributed by atoms with Gasteiger partial charge in [0.15, 0.2) is 5.16 Å². The maximum Gasteiger partial charge on any atom is 0.230 e. The van der Waals surface area contributed by atoms with Gasteiger partial charge in [-0.05, 0) is 55.2 Å². The first kappa shape index (κ1) is 23.1. The third kappa shape index (κ3) is 6.04. The zero-order chi connectivity index (χ0) is 22.5. The SMILES string of the molecule is Cc1ccc(-n2cnnc2SCC(=O)NC2CCN(Cc3ccc(Cl)cc3)CC2)cc1Cl. The first-order valence-corrected chi connectivity index (χ1v) is 12.3. The average Bonchev–Trinajstić information content (AvgIpc) is 3.26. The summed E-state index contributed by atoms with van der Waals surface area (Å²) in [5.74, 6) is 0.311. The number of piperidine rings is 1. The minimum Gasteiger partial charge on any atom is -0.353 e. The molecule has 0 spiro atoms. The molecule has 32 heavy (non-hydrogen) atoms. The zero-order valence-corrected chi connectivity index (χ0v) is 20.1. The van der Waals surface area contributed by atoms with Crippen LogP contribution in [0.25, 0.3) is 5.69 Å². The van der Waals surface area contributed by atoms with Crippen molar-refractivity contribution >= 4 is 40.9 Å². The molecule has 2 aromatic carbocycles. The molecular formula is C23H25Cl2N5OS. The highest BCUT2D eigenvalue weighted by Crippen LogP contribution is 2.24. The molecule has 0 atom stereocenters. The van der Waals surface area contributed by atoms with Gasteiger partial charge in [0.25, 0.3) is 0 Å². The monoisotopic (exact) mass is 489 g/mol. The molecule has 0 bridgehead atoms. The van der Waals surface area contributed by atoms with Gasteiger partial charge in [0.05, 0.1) is 11.4 Å². The molecule has 1 aliphatic heterocycles. The van der Waals surface area contributed by atoms with Crippen LogP contribution in [0.3, 0.4) is 0 Å². The molecule has 1 amide bonds. The topological polar surface area (TPSA) is 63.1 Å². The van der Waals surface area contributed by atoms with Crippen LogP contribution in [-0.4, -0.2) is 50.5 Å². The number of halogens is 2. The van der Waals surface area contributed by atoms with E-state index in [-0.39, 0.29) is 11.9 Å². The predicted octanol–water partition coefficient (Wildman–Crippen LogP) is 4.76. The largest absolute Gasteiger partial charge is 0.353 e. The minimum atomic E-state index is 0.0163. The number of benzene rings is 2. The quantitative estimate of drug-likeness (QED) is 0.484.